The van der Waals surface area contributed by atoms with Crippen LogP contribution in [0.5, 0.6) is 11.5 Å². The normalized spacial score (nSPS) is 10.0. The van der Waals surface area contributed by atoms with E-state index in [1.165, 1.54) is 0 Å². The molecule has 0 aliphatic rings. The van der Waals surface area contributed by atoms with E-state index in [1.807, 2.05) is 13.0 Å². The largest absolute Gasteiger partial charge is 0.497 e. The summed E-state index contributed by atoms with van der Waals surface area (Å²) in [5, 5.41) is 4.98. The average molecular weight is 343 g/mol. The quantitative estimate of drug-likeness (QED) is 0.421. The molecule has 0 saturated heterocycles. The molecule has 2 aromatic rings. The first-order chi connectivity index (χ1) is 12.0. The maximum Gasteiger partial charge on any atom is 0.313 e. The number of methoxy groups -OCH3 is 1. The monoisotopic (exact) mass is 343 g/mol. The van der Waals surface area contributed by atoms with Crippen LogP contribution in [0.3, 0.4) is 0 Å². The van der Waals surface area contributed by atoms with Gasteiger partial charge < -0.3 is 25.8 Å². The Morgan fingerprint density at radius 1 is 1.04 bits per heavy atom. The van der Waals surface area contributed by atoms with E-state index in [1.54, 1.807) is 43.5 Å². The fourth-order valence-electron chi connectivity index (χ4n) is 2.04. The lowest BCUT2D eigenvalue weighted by atomic mass is 10.2. The van der Waals surface area contributed by atoms with Gasteiger partial charge >= 0.3 is 11.8 Å². The number of aryl methyl sites for hydroxylation is 1. The van der Waals surface area contributed by atoms with Gasteiger partial charge in [0, 0.05) is 0 Å². The number of amides is 2. The molecule has 2 amide bonds. The summed E-state index contributed by atoms with van der Waals surface area (Å²) in [7, 11) is 1.58. The molecule has 7 nitrogen and oxygen atoms in total. The second-order valence-electron chi connectivity index (χ2n) is 5.32. The zero-order valence-corrected chi connectivity index (χ0v) is 14.2. The second kappa shape index (κ2) is 8.58. The number of hydrogen-bond acceptors (Lipinski definition) is 5. The molecule has 0 radical (unpaired) electrons. The number of rotatable bonds is 6. The molecule has 0 heterocycles. The number of anilines is 2. The van der Waals surface area contributed by atoms with Crippen molar-refractivity contribution in [1.29, 1.82) is 0 Å². The van der Waals surface area contributed by atoms with Crippen molar-refractivity contribution in [3.05, 3.63) is 48.0 Å². The minimum atomic E-state index is -0.776. The van der Waals surface area contributed by atoms with Gasteiger partial charge in [0.1, 0.15) is 18.1 Å². The van der Waals surface area contributed by atoms with E-state index in [-0.39, 0.29) is 13.2 Å². The Morgan fingerprint density at radius 2 is 1.72 bits per heavy atom. The fraction of sp³-hybridized carbons (Fsp3) is 0.222. The molecular formula is C18H21N3O4. The molecule has 0 aromatic heterocycles. The van der Waals surface area contributed by atoms with Crippen molar-refractivity contribution in [2.45, 2.75) is 6.92 Å². The van der Waals surface area contributed by atoms with Crippen LogP contribution in [-0.4, -0.2) is 32.1 Å². The molecule has 132 valence electrons. The molecule has 4 N–H and O–H groups in total. The summed E-state index contributed by atoms with van der Waals surface area (Å²) >= 11 is 0. The van der Waals surface area contributed by atoms with Gasteiger partial charge in [-0.1, -0.05) is 6.07 Å². The molecule has 0 saturated carbocycles. The standard InChI is InChI=1S/C18H21N3O4/c1-12-3-8-15(19)16(11-12)21-18(23)17(22)20-9-10-25-14-6-4-13(24-2)5-7-14/h3-8,11H,9-10,19H2,1-2H3,(H,20,22)(H,21,23). The van der Waals surface area contributed by atoms with E-state index in [0.717, 1.165) is 11.3 Å². The molecule has 0 atom stereocenters. The first kappa shape index (κ1) is 18.1. The van der Waals surface area contributed by atoms with E-state index in [0.29, 0.717) is 17.1 Å². The third kappa shape index (κ3) is 5.42. The zero-order valence-electron chi connectivity index (χ0n) is 14.2. The van der Waals surface area contributed by atoms with Crippen LogP contribution in [0.25, 0.3) is 0 Å². The highest BCUT2D eigenvalue weighted by atomic mass is 16.5. The third-order valence-corrected chi connectivity index (χ3v) is 3.38. The molecular weight excluding hydrogens is 322 g/mol. The number of carbonyl (C=O) groups excluding carboxylic acids is 2. The first-order valence-electron chi connectivity index (χ1n) is 7.72. The van der Waals surface area contributed by atoms with Crippen LogP contribution in [-0.2, 0) is 9.59 Å². The second-order valence-corrected chi connectivity index (χ2v) is 5.32. The lowest BCUT2D eigenvalue weighted by molar-refractivity contribution is -0.136. The summed E-state index contributed by atoms with van der Waals surface area (Å²) in [6, 6.07) is 12.3. The van der Waals surface area contributed by atoms with Crippen molar-refractivity contribution in [3.8, 4) is 11.5 Å². The van der Waals surface area contributed by atoms with Crippen molar-refractivity contribution < 1.29 is 19.1 Å². The van der Waals surface area contributed by atoms with Crippen molar-refractivity contribution in [2.24, 2.45) is 0 Å². The zero-order chi connectivity index (χ0) is 18.2. The van der Waals surface area contributed by atoms with Gasteiger partial charge in [-0.2, -0.15) is 0 Å². The maximum atomic E-state index is 11.9. The molecule has 0 aliphatic carbocycles. The summed E-state index contributed by atoms with van der Waals surface area (Å²) in [5.41, 5.74) is 7.51. The molecule has 2 aromatic carbocycles. The van der Waals surface area contributed by atoms with Crippen LogP contribution in [0.1, 0.15) is 5.56 Å². The van der Waals surface area contributed by atoms with Gasteiger partial charge in [0.05, 0.1) is 25.0 Å². The van der Waals surface area contributed by atoms with Crippen LogP contribution in [0, 0.1) is 6.92 Å². The van der Waals surface area contributed by atoms with Gasteiger partial charge in [0.15, 0.2) is 0 Å². The van der Waals surface area contributed by atoms with Gasteiger partial charge in [-0.25, -0.2) is 0 Å². The SMILES string of the molecule is COc1ccc(OCCNC(=O)C(=O)Nc2cc(C)ccc2N)cc1. The Morgan fingerprint density at radius 3 is 2.40 bits per heavy atom. The molecule has 7 heteroatoms. The smallest absolute Gasteiger partial charge is 0.313 e. The van der Waals surface area contributed by atoms with Crippen LogP contribution < -0.4 is 25.8 Å². The molecule has 25 heavy (non-hydrogen) atoms. The molecule has 0 bridgehead atoms. The van der Waals surface area contributed by atoms with E-state index < -0.39 is 11.8 Å². The predicted molar refractivity (Wildman–Crippen MR) is 95.7 cm³/mol. The lowest BCUT2D eigenvalue weighted by Gasteiger charge is -2.10. The Balaban J connectivity index is 1.75. The number of nitrogens with one attached hydrogen (secondary N) is 2. The first-order valence-corrected chi connectivity index (χ1v) is 7.72. The van der Waals surface area contributed by atoms with E-state index in [9.17, 15) is 9.59 Å². The highest BCUT2D eigenvalue weighted by Crippen LogP contribution is 2.19. The van der Waals surface area contributed by atoms with Crippen molar-refractivity contribution in [3.63, 3.8) is 0 Å². The third-order valence-electron chi connectivity index (χ3n) is 3.38. The summed E-state index contributed by atoms with van der Waals surface area (Å²) < 4.78 is 10.5. The molecule has 0 unspecified atom stereocenters. The van der Waals surface area contributed by atoms with Gasteiger partial charge in [-0.3, -0.25) is 9.59 Å². The van der Waals surface area contributed by atoms with Crippen LogP contribution in [0.15, 0.2) is 42.5 Å². The summed E-state index contributed by atoms with van der Waals surface area (Å²) in [5.74, 6) is -0.152. The van der Waals surface area contributed by atoms with Crippen LogP contribution in [0.4, 0.5) is 11.4 Å². The Labute approximate surface area is 146 Å². The van der Waals surface area contributed by atoms with Gasteiger partial charge in [-0.15, -0.1) is 0 Å². The van der Waals surface area contributed by atoms with Gasteiger partial charge in [0.2, 0.25) is 0 Å². The molecule has 0 spiro atoms. The number of nitrogens with two attached hydrogens (primary N) is 1. The van der Waals surface area contributed by atoms with Gasteiger partial charge in [-0.05, 0) is 48.9 Å². The van der Waals surface area contributed by atoms with Crippen LogP contribution in [0.2, 0.25) is 0 Å². The topological polar surface area (TPSA) is 103 Å². The lowest BCUT2D eigenvalue weighted by Crippen LogP contribution is -2.37. The van der Waals surface area contributed by atoms with Crippen molar-refractivity contribution in [2.75, 3.05) is 31.3 Å². The molecule has 2 rings (SSSR count). The van der Waals surface area contributed by atoms with Gasteiger partial charge in [0.25, 0.3) is 0 Å². The highest BCUT2D eigenvalue weighted by Gasteiger charge is 2.14. The Kier molecular flexibility index (Phi) is 6.22. The summed E-state index contributed by atoms with van der Waals surface area (Å²) in [6.07, 6.45) is 0. The minimum Gasteiger partial charge on any atom is -0.497 e. The fourth-order valence-corrected chi connectivity index (χ4v) is 2.04. The van der Waals surface area contributed by atoms with E-state index in [2.05, 4.69) is 10.6 Å². The summed E-state index contributed by atoms with van der Waals surface area (Å²) in [4.78, 5) is 23.7. The minimum absolute atomic E-state index is 0.196. The summed E-state index contributed by atoms with van der Waals surface area (Å²) in [6.45, 7) is 2.30. The average Bonchev–Trinajstić information content (AvgIpc) is 2.62. The number of nitrogen functional groups attached to an aromatic ring is 1. The van der Waals surface area contributed by atoms with E-state index in [4.69, 9.17) is 15.2 Å². The predicted octanol–water partition coefficient (Wildman–Crippen LogP) is 1.72. The molecule has 0 aliphatic heterocycles. The van der Waals surface area contributed by atoms with Crippen molar-refractivity contribution in [1.82, 2.24) is 5.32 Å². The molecule has 0 fully saturated rings. The Hall–Kier alpha value is -3.22. The number of ether oxygens (including phenoxy) is 2. The van der Waals surface area contributed by atoms with Crippen molar-refractivity contribution >= 4 is 23.2 Å². The van der Waals surface area contributed by atoms with Crippen LogP contribution >= 0.6 is 0 Å². The van der Waals surface area contributed by atoms with E-state index >= 15 is 0 Å². The Bertz CT molecular complexity index is 744. The highest BCUT2D eigenvalue weighted by molar-refractivity contribution is 6.39. The number of carbonyl (C=O) groups is 2. The maximum absolute atomic E-state index is 11.9. The number of benzene rings is 2. The number of hydrogen-bond donors (Lipinski definition) is 3.